The quantitative estimate of drug-likeness (QED) is 0.223. The molecule has 0 aliphatic heterocycles. The minimum Gasteiger partial charge on any atom is -0.321 e. The van der Waals surface area contributed by atoms with Gasteiger partial charge in [0.2, 0.25) is 5.12 Å². The van der Waals surface area contributed by atoms with Gasteiger partial charge in [0.25, 0.3) is 5.91 Å². The van der Waals surface area contributed by atoms with E-state index in [4.69, 9.17) is 4.98 Å². The van der Waals surface area contributed by atoms with Gasteiger partial charge in [0, 0.05) is 40.0 Å². The van der Waals surface area contributed by atoms with Gasteiger partial charge in [-0.2, -0.15) is 0 Å². The van der Waals surface area contributed by atoms with Gasteiger partial charge < -0.3 is 5.32 Å². The van der Waals surface area contributed by atoms with Crippen LogP contribution in [0.5, 0.6) is 0 Å². The summed E-state index contributed by atoms with van der Waals surface area (Å²) in [5.41, 5.74) is 7.47. The zero-order valence-electron chi connectivity index (χ0n) is 21.7. The third-order valence-electron chi connectivity index (χ3n) is 8.10. The lowest BCUT2D eigenvalue weighted by atomic mass is 9.53. The monoisotopic (exact) mass is 559 g/mol. The third kappa shape index (κ3) is 4.17. The number of rotatable bonds is 5. The van der Waals surface area contributed by atoms with Crippen molar-refractivity contribution in [3.8, 4) is 11.3 Å². The topological polar surface area (TPSA) is 72.0 Å². The first kappa shape index (κ1) is 24.9. The molecular formula is C33H25N3O2S2. The maximum absolute atomic E-state index is 14.0. The van der Waals surface area contributed by atoms with E-state index in [0.29, 0.717) is 11.3 Å². The summed E-state index contributed by atoms with van der Waals surface area (Å²) >= 11 is 2.71. The summed E-state index contributed by atoms with van der Waals surface area (Å²) in [4.78, 5) is 35.7. The summed E-state index contributed by atoms with van der Waals surface area (Å²) in [5, 5.41) is 4.97. The van der Waals surface area contributed by atoms with Gasteiger partial charge in [-0.25, -0.2) is 4.98 Å². The molecule has 0 saturated heterocycles. The highest BCUT2D eigenvalue weighted by Crippen LogP contribution is 2.62. The Hall–Kier alpha value is -4.07. The van der Waals surface area contributed by atoms with Crippen LogP contribution in [0.25, 0.3) is 11.3 Å². The normalized spacial score (nSPS) is 20.4. The molecule has 3 aliphatic carbocycles. The number of thioether (sulfide) groups is 1. The zero-order valence-corrected chi connectivity index (χ0v) is 23.3. The van der Waals surface area contributed by atoms with Gasteiger partial charge in [-0.05, 0) is 64.7 Å². The molecule has 0 saturated carbocycles. The standard InChI is InChI=1S/C33H25N3O2S2/c1-33(17-27-23-11-2-4-13-25(23)29(33)26-14-5-3-12-24(26)27)31(38)40-32-36-28(19-39-32)20-8-6-9-21(16-20)30(37)35-22-10-7-15-34-18-22/h2-16,18-19,27,29H,17H2,1H3,(H,35,37). The van der Waals surface area contributed by atoms with Gasteiger partial charge in [0.1, 0.15) is 0 Å². The molecule has 2 heterocycles. The molecule has 2 aromatic heterocycles. The number of anilines is 1. The molecule has 1 unspecified atom stereocenters. The third-order valence-corrected chi connectivity index (χ3v) is 10.2. The van der Waals surface area contributed by atoms with Gasteiger partial charge in [0.05, 0.1) is 17.6 Å². The molecule has 2 bridgehead atoms. The molecule has 0 radical (unpaired) electrons. The van der Waals surface area contributed by atoms with E-state index < -0.39 is 5.41 Å². The minimum atomic E-state index is -0.534. The molecule has 3 aromatic carbocycles. The van der Waals surface area contributed by atoms with Gasteiger partial charge in [-0.15, -0.1) is 11.3 Å². The van der Waals surface area contributed by atoms with E-state index in [9.17, 15) is 9.59 Å². The number of benzene rings is 3. The van der Waals surface area contributed by atoms with E-state index in [-0.39, 0.29) is 22.9 Å². The number of pyridine rings is 1. The second kappa shape index (κ2) is 9.84. The number of hydrogen-bond acceptors (Lipinski definition) is 6. The van der Waals surface area contributed by atoms with E-state index in [1.807, 2.05) is 23.6 Å². The largest absolute Gasteiger partial charge is 0.321 e. The van der Waals surface area contributed by atoms with Crippen molar-refractivity contribution in [1.82, 2.24) is 9.97 Å². The minimum absolute atomic E-state index is 0.0272. The molecular weight excluding hydrogens is 535 g/mol. The van der Waals surface area contributed by atoms with Crippen molar-refractivity contribution in [2.45, 2.75) is 29.5 Å². The number of fused-ring (bicyclic) bond motifs is 1. The van der Waals surface area contributed by atoms with Crippen molar-refractivity contribution in [3.05, 3.63) is 131 Å². The Morgan fingerprint density at radius 3 is 2.35 bits per heavy atom. The van der Waals surface area contributed by atoms with Crippen LogP contribution in [0, 0.1) is 5.41 Å². The Morgan fingerprint density at radius 2 is 1.65 bits per heavy atom. The molecule has 8 rings (SSSR count). The zero-order chi connectivity index (χ0) is 27.3. The predicted molar refractivity (Wildman–Crippen MR) is 160 cm³/mol. The van der Waals surface area contributed by atoms with Gasteiger partial charge in [0.15, 0.2) is 4.34 Å². The van der Waals surface area contributed by atoms with Crippen LogP contribution >= 0.6 is 23.1 Å². The van der Waals surface area contributed by atoms with Crippen molar-refractivity contribution < 1.29 is 9.59 Å². The maximum Gasteiger partial charge on any atom is 0.255 e. The maximum atomic E-state index is 14.0. The molecule has 7 heteroatoms. The van der Waals surface area contributed by atoms with E-state index in [1.54, 1.807) is 30.6 Å². The van der Waals surface area contributed by atoms with Crippen LogP contribution in [-0.2, 0) is 4.79 Å². The van der Waals surface area contributed by atoms with Gasteiger partial charge >= 0.3 is 0 Å². The number of aromatic nitrogens is 2. The average Bonchev–Trinajstić information content (AvgIpc) is 3.46. The summed E-state index contributed by atoms with van der Waals surface area (Å²) in [6, 6.07) is 28.1. The highest BCUT2D eigenvalue weighted by Gasteiger charge is 2.54. The average molecular weight is 560 g/mol. The Labute approximate surface area is 240 Å². The van der Waals surface area contributed by atoms with Crippen LogP contribution in [0.3, 0.4) is 0 Å². The van der Waals surface area contributed by atoms with E-state index in [2.05, 4.69) is 65.8 Å². The summed E-state index contributed by atoms with van der Waals surface area (Å²) < 4.78 is 0.717. The van der Waals surface area contributed by atoms with Crippen LogP contribution in [0.2, 0.25) is 0 Å². The van der Waals surface area contributed by atoms with Crippen LogP contribution in [0.15, 0.2) is 107 Å². The highest BCUT2D eigenvalue weighted by molar-refractivity contribution is 8.15. The van der Waals surface area contributed by atoms with Crippen LogP contribution in [0.4, 0.5) is 5.69 Å². The fourth-order valence-corrected chi connectivity index (χ4v) is 8.11. The smallest absolute Gasteiger partial charge is 0.255 e. The lowest BCUT2D eigenvalue weighted by molar-refractivity contribution is -0.120. The first-order chi connectivity index (χ1) is 19.5. The molecule has 0 spiro atoms. The molecule has 196 valence electrons. The van der Waals surface area contributed by atoms with Crippen LogP contribution in [0.1, 0.15) is 57.8 Å². The molecule has 5 aromatic rings. The Morgan fingerprint density at radius 1 is 0.925 bits per heavy atom. The fourth-order valence-electron chi connectivity index (χ4n) is 6.26. The Bertz CT molecular complexity index is 1720. The van der Waals surface area contributed by atoms with Gasteiger partial charge in [-0.3, -0.25) is 14.6 Å². The first-order valence-corrected chi connectivity index (χ1v) is 14.9. The second-order valence-electron chi connectivity index (χ2n) is 10.5. The van der Waals surface area contributed by atoms with E-state index in [0.717, 1.165) is 22.0 Å². The van der Waals surface area contributed by atoms with Crippen molar-refractivity contribution in [3.63, 3.8) is 0 Å². The lowest BCUT2D eigenvalue weighted by Crippen LogP contribution is -2.43. The molecule has 1 atom stereocenters. The Kier molecular flexibility index (Phi) is 6.13. The number of amides is 1. The van der Waals surface area contributed by atoms with E-state index >= 15 is 0 Å². The van der Waals surface area contributed by atoms with E-state index in [1.165, 1.54) is 45.4 Å². The number of nitrogens with one attached hydrogen (secondary N) is 1. The second-order valence-corrected chi connectivity index (χ2v) is 12.6. The van der Waals surface area contributed by atoms with Crippen molar-refractivity contribution >= 4 is 39.8 Å². The summed E-state index contributed by atoms with van der Waals surface area (Å²) in [6.07, 6.45) is 4.07. The highest BCUT2D eigenvalue weighted by atomic mass is 32.2. The number of nitrogens with zero attached hydrogens (tertiary/aromatic N) is 2. The molecule has 3 aliphatic rings. The van der Waals surface area contributed by atoms with Crippen molar-refractivity contribution in [1.29, 1.82) is 0 Å². The van der Waals surface area contributed by atoms with Crippen molar-refractivity contribution in [2.75, 3.05) is 5.32 Å². The SMILES string of the molecule is CC1(C(=O)Sc2nc(-c3cccc(C(=O)Nc4cccnc4)c3)cs2)CC2c3ccccc3C1c1ccccc12. The molecule has 1 amide bonds. The lowest BCUT2D eigenvalue weighted by Gasteiger charge is -2.50. The molecule has 0 fully saturated rings. The molecule has 5 nitrogen and oxygen atoms in total. The number of carbonyl (C=O) groups excluding carboxylic acids is 2. The van der Waals surface area contributed by atoms with Crippen LogP contribution < -0.4 is 5.32 Å². The number of thiazole rings is 1. The Balaban J connectivity index is 1.13. The summed E-state index contributed by atoms with van der Waals surface area (Å²) in [7, 11) is 0. The predicted octanol–water partition coefficient (Wildman–Crippen LogP) is 7.76. The molecule has 1 N–H and O–H groups in total. The number of carbonyl (C=O) groups is 2. The molecule has 40 heavy (non-hydrogen) atoms. The van der Waals surface area contributed by atoms with Gasteiger partial charge in [-0.1, -0.05) is 67.6 Å². The van der Waals surface area contributed by atoms with Crippen molar-refractivity contribution in [2.24, 2.45) is 5.41 Å². The summed E-state index contributed by atoms with van der Waals surface area (Å²) in [6.45, 7) is 2.13. The van der Waals surface area contributed by atoms with Crippen LogP contribution in [-0.4, -0.2) is 21.0 Å². The first-order valence-electron chi connectivity index (χ1n) is 13.2. The number of hydrogen-bond donors (Lipinski definition) is 1. The summed E-state index contributed by atoms with van der Waals surface area (Å²) in [5.74, 6) is 0.0365. The fraction of sp³-hybridized carbons (Fsp3) is 0.152.